The zero-order valence-electron chi connectivity index (χ0n) is 12.2. The summed E-state index contributed by atoms with van der Waals surface area (Å²) in [7, 11) is 0. The van der Waals surface area contributed by atoms with Gasteiger partial charge in [-0.3, -0.25) is 4.52 Å². The predicted octanol–water partition coefficient (Wildman–Crippen LogP) is 1.04. The van der Waals surface area contributed by atoms with Crippen LogP contribution in [0.4, 0.5) is 0 Å². The fraction of sp³-hybridized carbons (Fsp3) is 0. The van der Waals surface area contributed by atoms with E-state index in [1.807, 2.05) is 0 Å². The van der Waals surface area contributed by atoms with Gasteiger partial charge in [0.15, 0.2) is 0 Å². The number of nitrogens with one attached hydrogen (secondary N) is 1. The van der Waals surface area contributed by atoms with Crippen molar-refractivity contribution in [3.8, 4) is 5.69 Å². The highest BCUT2D eigenvalue weighted by Gasteiger charge is 2.10. The summed E-state index contributed by atoms with van der Waals surface area (Å²) < 4.78 is 5.94. The third kappa shape index (κ3) is 3.76. The van der Waals surface area contributed by atoms with Crippen molar-refractivity contribution < 1.29 is 14.3 Å². The number of hydrogen-bond donors (Lipinski definition) is 1. The molecule has 8 heteroatoms. The Morgan fingerprint density at radius 3 is 2.75 bits per heavy atom. The lowest BCUT2D eigenvalue weighted by molar-refractivity contribution is -0.670. The zero-order chi connectivity index (χ0) is 16.9. The highest BCUT2D eigenvalue weighted by atomic mass is 35.5. The molecule has 0 radical (unpaired) electrons. The van der Waals surface area contributed by atoms with Gasteiger partial charge in [-0.25, -0.2) is 4.79 Å². The van der Waals surface area contributed by atoms with Gasteiger partial charge in [-0.05, 0) is 33.2 Å². The maximum absolute atomic E-state index is 12.1. The van der Waals surface area contributed by atoms with Crippen LogP contribution in [0.15, 0.2) is 74.2 Å². The number of benzene rings is 2. The van der Waals surface area contributed by atoms with Crippen molar-refractivity contribution in [2.24, 2.45) is 10.2 Å². The molecule has 3 aromatic rings. The summed E-state index contributed by atoms with van der Waals surface area (Å²) in [5.41, 5.74) is 1.14. The summed E-state index contributed by atoms with van der Waals surface area (Å²) in [6.07, 6.45) is 2.68. The van der Waals surface area contributed by atoms with Crippen LogP contribution in [0, 0.1) is 0 Å². The molecule has 0 bridgehead atoms. The van der Waals surface area contributed by atoms with E-state index in [1.54, 1.807) is 48.5 Å². The topological polar surface area (TPSA) is 97.7 Å². The van der Waals surface area contributed by atoms with Crippen molar-refractivity contribution in [2.75, 3.05) is 0 Å². The molecule has 2 aromatic carbocycles. The number of halogens is 1. The van der Waals surface area contributed by atoms with Crippen molar-refractivity contribution in [1.29, 1.82) is 0 Å². The summed E-state index contributed by atoms with van der Waals surface area (Å²) in [5.74, 6) is -0.506. The molecule has 7 nitrogen and oxygen atoms in total. The molecule has 0 saturated heterocycles. The van der Waals surface area contributed by atoms with Crippen molar-refractivity contribution in [2.45, 2.75) is 0 Å². The second-order valence-electron chi connectivity index (χ2n) is 4.76. The second kappa shape index (κ2) is 6.93. The second-order valence-corrected chi connectivity index (χ2v) is 5.20. The van der Waals surface area contributed by atoms with E-state index in [9.17, 15) is 9.90 Å². The van der Waals surface area contributed by atoms with Crippen LogP contribution in [0.1, 0.15) is 11.1 Å². The van der Waals surface area contributed by atoms with E-state index in [1.165, 1.54) is 17.1 Å². The average molecular weight is 343 g/mol. The number of H-pyrrole nitrogens is 1. The quantitative estimate of drug-likeness (QED) is 0.332. The molecule has 0 unspecified atom stereocenters. The molecular formula is C16H11ClN4O3. The van der Waals surface area contributed by atoms with Gasteiger partial charge in [0, 0.05) is 23.1 Å². The average Bonchev–Trinajstić information content (AvgIpc) is 3.03. The normalized spacial score (nSPS) is 12.0. The lowest BCUT2D eigenvalue weighted by Gasteiger charge is -2.07. The fourth-order valence-corrected chi connectivity index (χ4v) is 2.05. The Kier molecular flexibility index (Phi) is 4.53. The molecule has 1 aromatic heterocycles. The Morgan fingerprint density at radius 2 is 2.04 bits per heavy atom. The van der Waals surface area contributed by atoms with E-state index >= 15 is 0 Å². The number of rotatable bonds is 4. The standard InChI is InChI=1S/C16H11ClN4O3/c17-13-6-4-11(5-7-13)9-18-19-16(23)12-2-1-3-14(8-12)21-10-15(22)24-20-21/h1-10H,(H-,19,20,22,23)/b18-9+. The smallest absolute Gasteiger partial charge is 0.427 e. The van der Waals surface area contributed by atoms with E-state index in [0.29, 0.717) is 16.3 Å². The molecular weight excluding hydrogens is 332 g/mol. The van der Waals surface area contributed by atoms with Crippen LogP contribution in [-0.4, -0.2) is 17.4 Å². The van der Waals surface area contributed by atoms with Crippen LogP contribution in [0.2, 0.25) is 5.02 Å². The number of hydrogen-bond acceptors (Lipinski definition) is 5. The van der Waals surface area contributed by atoms with E-state index in [-0.39, 0.29) is 0 Å². The third-order valence-corrected chi connectivity index (χ3v) is 3.33. The predicted molar refractivity (Wildman–Crippen MR) is 86.4 cm³/mol. The Morgan fingerprint density at radius 1 is 1.25 bits per heavy atom. The molecule has 24 heavy (non-hydrogen) atoms. The highest BCUT2D eigenvalue weighted by Crippen LogP contribution is 2.08. The van der Waals surface area contributed by atoms with E-state index in [2.05, 4.69) is 20.0 Å². The van der Waals surface area contributed by atoms with Gasteiger partial charge >= 0.3 is 5.63 Å². The molecule has 0 atom stereocenters. The van der Waals surface area contributed by atoms with Gasteiger partial charge in [-0.2, -0.15) is 10.2 Å². The van der Waals surface area contributed by atoms with Crippen molar-refractivity contribution in [3.05, 3.63) is 81.3 Å². The van der Waals surface area contributed by atoms with Gasteiger partial charge in [0.05, 0.1) is 6.21 Å². The first-order chi connectivity index (χ1) is 11.6. The summed E-state index contributed by atoms with van der Waals surface area (Å²) in [6, 6.07) is 13.5. The Labute approximate surface area is 141 Å². The van der Waals surface area contributed by atoms with Gasteiger partial charge < -0.3 is 5.11 Å². The summed E-state index contributed by atoms with van der Waals surface area (Å²) in [6.45, 7) is 0. The molecule has 0 aliphatic carbocycles. The van der Waals surface area contributed by atoms with Gasteiger partial charge in [0.1, 0.15) is 0 Å². The van der Waals surface area contributed by atoms with Crippen LogP contribution >= 0.6 is 11.6 Å². The molecule has 120 valence electrons. The van der Waals surface area contributed by atoms with Crippen molar-refractivity contribution in [3.63, 3.8) is 0 Å². The number of nitrogens with zero attached hydrogens (tertiary/aromatic N) is 3. The molecule has 1 heterocycles. The minimum atomic E-state index is -0.524. The molecule has 0 spiro atoms. The van der Waals surface area contributed by atoms with Crippen molar-refractivity contribution >= 4 is 23.7 Å². The van der Waals surface area contributed by atoms with Gasteiger partial charge in [-0.15, -0.1) is 0 Å². The first-order valence-electron chi connectivity index (χ1n) is 6.86. The van der Waals surface area contributed by atoms with Crippen LogP contribution in [0.5, 0.6) is 0 Å². The van der Waals surface area contributed by atoms with Crippen LogP contribution in [0.3, 0.4) is 0 Å². The minimum Gasteiger partial charge on any atom is -0.857 e. The maximum atomic E-state index is 12.1. The van der Waals surface area contributed by atoms with Crippen LogP contribution < -0.4 is 15.4 Å². The minimum absolute atomic E-state index is 0.329. The lowest BCUT2D eigenvalue weighted by atomic mass is 10.2. The fourth-order valence-electron chi connectivity index (χ4n) is 1.92. The van der Waals surface area contributed by atoms with Gasteiger partial charge in [0.25, 0.3) is 6.20 Å². The largest absolute Gasteiger partial charge is 0.857 e. The molecule has 0 amide bonds. The lowest BCUT2D eigenvalue weighted by Crippen LogP contribution is -2.32. The highest BCUT2D eigenvalue weighted by molar-refractivity contribution is 6.30. The van der Waals surface area contributed by atoms with E-state index in [0.717, 1.165) is 5.56 Å². The Balaban J connectivity index is 1.80. The molecule has 3 rings (SSSR count). The summed E-state index contributed by atoms with van der Waals surface area (Å²) in [5, 5.41) is 22.5. The third-order valence-electron chi connectivity index (χ3n) is 3.08. The van der Waals surface area contributed by atoms with Crippen molar-refractivity contribution in [1.82, 2.24) is 5.27 Å². The summed E-state index contributed by atoms with van der Waals surface area (Å²) >= 11 is 5.79. The van der Waals surface area contributed by atoms with E-state index < -0.39 is 11.5 Å². The first kappa shape index (κ1) is 15.7. The van der Waals surface area contributed by atoms with Crippen LogP contribution in [0.25, 0.3) is 5.69 Å². The Hall–Kier alpha value is -3.19. The molecule has 0 saturated carbocycles. The molecule has 1 N–H and O–H groups in total. The van der Waals surface area contributed by atoms with Gasteiger partial charge in [0.2, 0.25) is 5.69 Å². The SMILES string of the molecule is O=c1c[n+](-c2cccc(/C([O-])=N/N=C/c3ccc(Cl)cc3)c2)[nH]o1. The maximum Gasteiger partial charge on any atom is 0.427 e. The first-order valence-corrected chi connectivity index (χ1v) is 7.24. The molecule has 0 aliphatic heterocycles. The zero-order valence-corrected chi connectivity index (χ0v) is 13.0. The molecule has 0 aliphatic rings. The number of aromatic amines is 1. The number of aromatic nitrogens is 2. The molecule has 0 fully saturated rings. The van der Waals surface area contributed by atoms with Gasteiger partial charge in [-0.1, -0.05) is 35.9 Å². The van der Waals surface area contributed by atoms with E-state index in [4.69, 9.17) is 11.6 Å². The summed E-state index contributed by atoms with van der Waals surface area (Å²) in [4.78, 5) is 11.0. The monoisotopic (exact) mass is 342 g/mol. The van der Waals surface area contributed by atoms with Crippen LogP contribution in [-0.2, 0) is 0 Å². The Bertz CT molecular complexity index is 958.